The number of hydrogen-bond donors (Lipinski definition) is 2. The molecule has 0 unspecified atom stereocenters. The van der Waals surface area contributed by atoms with E-state index in [1.807, 2.05) is 25.1 Å². The zero-order valence-corrected chi connectivity index (χ0v) is 12.6. The Bertz CT molecular complexity index is 577. The number of halogens is 2. The summed E-state index contributed by atoms with van der Waals surface area (Å²) in [6.45, 7) is 1.83. The maximum absolute atomic E-state index is 5.72. The van der Waals surface area contributed by atoms with E-state index in [2.05, 4.69) is 47.3 Å². The summed E-state index contributed by atoms with van der Waals surface area (Å²) in [4.78, 5) is 8.07. The number of hydrazine groups is 1. The molecule has 2 aromatic rings. The molecule has 0 amide bonds. The first-order chi connectivity index (χ1) is 8.61. The van der Waals surface area contributed by atoms with E-state index in [0.717, 1.165) is 14.5 Å². The van der Waals surface area contributed by atoms with E-state index < -0.39 is 0 Å². The highest BCUT2D eigenvalue weighted by Gasteiger charge is 2.10. The van der Waals surface area contributed by atoms with Crippen molar-refractivity contribution in [2.75, 3.05) is 5.43 Å². The average molecular weight is 374 g/mol. The number of hydrogen-bond acceptors (Lipinski definition) is 5. The third-order valence-electron chi connectivity index (χ3n) is 2.28. The van der Waals surface area contributed by atoms with Crippen LogP contribution in [0.1, 0.15) is 5.56 Å². The van der Waals surface area contributed by atoms with E-state index in [0.29, 0.717) is 17.4 Å². The molecule has 0 radical (unpaired) electrons. The maximum atomic E-state index is 5.72. The highest BCUT2D eigenvalue weighted by molar-refractivity contribution is 9.11. The number of ether oxygens (including phenoxy) is 1. The van der Waals surface area contributed by atoms with Crippen molar-refractivity contribution >= 4 is 37.7 Å². The fourth-order valence-electron chi connectivity index (χ4n) is 1.34. The van der Waals surface area contributed by atoms with Gasteiger partial charge in [0.2, 0.25) is 5.88 Å². The molecule has 7 heteroatoms. The second-order valence-corrected chi connectivity index (χ2v) is 5.24. The molecule has 0 fully saturated rings. The van der Waals surface area contributed by atoms with Crippen LogP contribution in [-0.4, -0.2) is 9.97 Å². The summed E-state index contributed by atoms with van der Waals surface area (Å²) >= 11 is 6.81. The number of nitrogens with two attached hydrogens (primary N) is 1. The standard InChI is InChI=1S/C11H10Br2N4O/c1-6-10(17-14)15-5-16-11(6)18-9-3-2-7(12)4-8(9)13/h2-5H,14H2,1H3,(H,15,16,17). The molecule has 94 valence electrons. The quantitative estimate of drug-likeness (QED) is 0.637. The average Bonchev–Trinajstić information content (AvgIpc) is 2.35. The van der Waals surface area contributed by atoms with Crippen molar-refractivity contribution in [2.24, 2.45) is 5.84 Å². The fourth-order valence-corrected chi connectivity index (χ4v) is 2.47. The van der Waals surface area contributed by atoms with Crippen LogP contribution in [0.3, 0.4) is 0 Å². The molecule has 0 bridgehead atoms. The lowest BCUT2D eigenvalue weighted by molar-refractivity contribution is 0.455. The molecule has 1 heterocycles. The Kier molecular flexibility index (Phi) is 4.15. The minimum atomic E-state index is 0.459. The summed E-state index contributed by atoms with van der Waals surface area (Å²) in [6.07, 6.45) is 1.39. The van der Waals surface area contributed by atoms with Gasteiger partial charge in [-0.25, -0.2) is 15.8 Å². The van der Waals surface area contributed by atoms with Crippen molar-refractivity contribution in [3.05, 3.63) is 39.0 Å². The molecule has 5 nitrogen and oxygen atoms in total. The van der Waals surface area contributed by atoms with Gasteiger partial charge in [-0.3, -0.25) is 0 Å². The molecule has 0 saturated carbocycles. The van der Waals surface area contributed by atoms with Gasteiger partial charge in [-0.05, 0) is 41.1 Å². The highest BCUT2D eigenvalue weighted by atomic mass is 79.9. The van der Waals surface area contributed by atoms with E-state index in [9.17, 15) is 0 Å². The SMILES string of the molecule is Cc1c(NN)ncnc1Oc1ccc(Br)cc1Br. The molecule has 0 saturated heterocycles. The molecule has 1 aromatic carbocycles. The summed E-state index contributed by atoms with van der Waals surface area (Å²) in [7, 11) is 0. The summed E-state index contributed by atoms with van der Waals surface area (Å²) in [6, 6.07) is 5.62. The molecule has 1 aromatic heterocycles. The van der Waals surface area contributed by atoms with Crippen LogP contribution in [0.4, 0.5) is 5.82 Å². The first-order valence-corrected chi connectivity index (χ1v) is 6.61. The zero-order valence-electron chi connectivity index (χ0n) is 9.45. The number of nitrogens with one attached hydrogen (secondary N) is 1. The maximum Gasteiger partial charge on any atom is 0.227 e. The second-order valence-electron chi connectivity index (χ2n) is 3.47. The van der Waals surface area contributed by atoms with Gasteiger partial charge in [0.1, 0.15) is 17.9 Å². The Hall–Kier alpha value is -1.18. The topological polar surface area (TPSA) is 73.1 Å². The molecule has 0 aliphatic rings. The number of nitrogen functional groups attached to an aromatic ring is 1. The van der Waals surface area contributed by atoms with Crippen LogP contribution in [0.15, 0.2) is 33.5 Å². The lowest BCUT2D eigenvalue weighted by atomic mass is 10.3. The van der Waals surface area contributed by atoms with Crippen molar-refractivity contribution in [1.82, 2.24) is 9.97 Å². The first-order valence-electron chi connectivity index (χ1n) is 5.03. The Morgan fingerprint density at radius 1 is 1.28 bits per heavy atom. The first kappa shape index (κ1) is 13.3. The third-order valence-corrected chi connectivity index (χ3v) is 3.39. The fraction of sp³-hybridized carbons (Fsp3) is 0.0909. The number of aromatic nitrogens is 2. The van der Waals surface area contributed by atoms with Crippen LogP contribution < -0.4 is 16.0 Å². The van der Waals surface area contributed by atoms with Gasteiger partial charge in [0.05, 0.1) is 10.0 Å². The van der Waals surface area contributed by atoms with E-state index in [4.69, 9.17) is 10.6 Å². The molecule has 0 atom stereocenters. The molecule has 0 aliphatic carbocycles. The molecule has 18 heavy (non-hydrogen) atoms. The van der Waals surface area contributed by atoms with E-state index in [-0.39, 0.29) is 0 Å². The van der Waals surface area contributed by atoms with Crippen molar-refractivity contribution in [1.29, 1.82) is 0 Å². The summed E-state index contributed by atoms with van der Waals surface area (Å²) in [5.41, 5.74) is 3.24. The largest absolute Gasteiger partial charge is 0.437 e. The van der Waals surface area contributed by atoms with Crippen LogP contribution in [0, 0.1) is 6.92 Å². The van der Waals surface area contributed by atoms with Crippen LogP contribution >= 0.6 is 31.9 Å². The van der Waals surface area contributed by atoms with Crippen molar-refractivity contribution < 1.29 is 4.74 Å². The molecule has 0 aliphatic heterocycles. The highest BCUT2D eigenvalue weighted by Crippen LogP contribution is 2.33. The number of anilines is 1. The minimum Gasteiger partial charge on any atom is -0.437 e. The van der Waals surface area contributed by atoms with Crippen LogP contribution in [0.25, 0.3) is 0 Å². The predicted octanol–water partition coefficient (Wildman–Crippen LogP) is 3.39. The van der Waals surface area contributed by atoms with Gasteiger partial charge >= 0.3 is 0 Å². The Morgan fingerprint density at radius 3 is 2.72 bits per heavy atom. The van der Waals surface area contributed by atoms with Gasteiger partial charge in [0.15, 0.2) is 0 Å². The van der Waals surface area contributed by atoms with E-state index in [1.54, 1.807) is 0 Å². The lowest BCUT2D eigenvalue weighted by Crippen LogP contribution is -2.11. The molecular weight excluding hydrogens is 364 g/mol. The molecule has 3 N–H and O–H groups in total. The summed E-state index contributed by atoms with van der Waals surface area (Å²) < 4.78 is 7.52. The van der Waals surface area contributed by atoms with Crippen molar-refractivity contribution in [3.63, 3.8) is 0 Å². The van der Waals surface area contributed by atoms with Gasteiger partial charge in [-0.15, -0.1) is 0 Å². The van der Waals surface area contributed by atoms with Gasteiger partial charge in [-0.1, -0.05) is 15.9 Å². The third kappa shape index (κ3) is 2.80. The van der Waals surface area contributed by atoms with Gasteiger partial charge in [0.25, 0.3) is 0 Å². The number of nitrogens with zero attached hydrogens (tertiary/aromatic N) is 2. The van der Waals surface area contributed by atoms with Crippen molar-refractivity contribution in [2.45, 2.75) is 6.92 Å². The summed E-state index contributed by atoms with van der Waals surface area (Å²) in [5, 5.41) is 0. The smallest absolute Gasteiger partial charge is 0.227 e. The monoisotopic (exact) mass is 372 g/mol. The minimum absolute atomic E-state index is 0.459. The Morgan fingerprint density at radius 2 is 2.06 bits per heavy atom. The van der Waals surface area contributed by atoms with Crippen molar-refractivity contribution in [3.8, 4) is 11.6 Å². The predicted molar refractivity (Wildman–Crippen MR) is 76.5 cm³/mol. The molecular formula is C11H10Br2N4O. The molecule has 0 spiro atoms. The Labute approximate surface area is 121 Å². The molecule has 2 rings (SSSR count). The zero-order chi connectivity index (χ0) is 13.1. The number of benzene rings is 1. The van der Waals surface area contributed by atoms with Gasteiger partial charge in [-0.2, -0.15) is 0 Å². The van der Waals surface area contributed by atoms with Crippen LogP contribution in [0.2, 0.25) is 0 Å². The van der Waals surface area contributed by atoms with Gasteiger partial charge in [0, 0.05) is 4.47 Å². The van der Waals surface area contributed by atoms with Gasteiger partial charge < -0.3 is 10.2 Å². The van der Waals surface area contributed by atoms with Crippen LogP contribution in [-0.2, 0) is 0 Å². The normalized spacial score (nSPS) is 10.2. The number of rotatable bonds is 3. The lowest BCUT2D eigenvalue weighted by Gasteiger charge is -2.11. The Balaban J connectivity index is 2.34. The van der Waals surface area contributed by atoms with E-state index >= 15 is 0 Å². The summed E-state index contributed by atoms with van der Waals surface area (Å²) in [5.74, 6) is 7.02. The van der Waals surface area contributed by atoms with Crippen LogP contribution in [0.5, 0.6) is 11.6 Å². The second kappa shape index (κ2) is 5.64. The van der Waals surface area contributed by atoms with E-state index in [1.165, 1.54) is 6.33 Å².